The Balaban J connectivity index is 1.84. The Labute approximate surface area is 159 Å². The predicted molar refractivity (Wildman–Crippen MR) is 109 cm³/mol. The van der Waals surface area contributed by atoms with Crippen LogP contribution >= 0.6 is 0 Å². The van der Waals surface area contributed by atoms with E-state index in [2.05, 4.69) is 51.1 Å². The summed E-state index contributed by atoms with van der Waals surface area (Å²) in [6.45, 7) is 6.62. The molecule has 0 amide bonds. The minimum atomic E-state index is -0.231. The smallest absolute Gasteiger partial charge is 0.134 e. The number of benzene rings is 3. The van der Waals surface area contributed by atoms with Crippen LogP contribution in [-0.2, 0) is 5.41 Å². The molecule has 0 spiro atoms. The predicted octanol–water partition coefficient (Wildman–Crippen LogP) is 7.05. The van der Waals surface area contributed by atoms with Gasteiger partial charge >= 0.3 is 0 Å². The zero-order chi connectivity index (χ0) is 19.0. The largest absolute Gasteiger partial charge is 0.460 e. The Hall–Kier alpha value is -2.87. The third-order valence-electron chi connectivity index (χ3n) is 5.04. The van der Waals surface area contributed by atoms with Crippen LogP contribution in [0.25, 0.3) is 11.0 Å². The fraction of sp³-hybridized carbons (Fsp3) is 0.200. The number of hydrogen-bond acceptors (Lipinski definition) is 1. The molecule has 4 rings (SSSR count). The Morgan fingerprint density at radius 2 is 1.37 bits per heavy atom. The van der Waals surface area contributed by atoms with Crippen LogP contribution in [0.2, 0.25) is 0 Å². The highest BCUT2D eigenvalue weighted by atomic mass is 19.1. The molecule has 0 radical (unpaired) electrons. The van der Waals surface area contributed by atoms with Gasteiger partial charge in [-0.15, -0.1) is 0 Å². The first-order valence-electron chi connectivity index (χ1n) is 9.26. The van der Waals surface area contributed by atoms with E-state index in [4.69, 9.17) is 4.42 Å². The normalized spacial score (nSPS) is 13.0. The maximum Gasteiger partial charge on any atom is 0.134 e. The van der Waals surface area contributed by atoms with Crippen molar-refractivity contribution in [3.8, 4) is 0 Å². The van der Waals surface area contributed by atoms with Crippen molar-refractivity contribution in [1.82, 2.24) is 0 Å². The van der Waals surface area contributed by atoms with Gasteiger partial charge in [0.05, 0.1) is 5.92 Å². The van der Waals surface area contributed by atoms with Gasteiger partial charge in [0, 0.05) is 5.39 Å². The minimum absolute atomic E-state index is 0.0768. The standard InChI is InChI=1S/C25H23FO/c1-25(2,3)20-12-8-17(9-13-20)24(18-10-14-21(26)15-11-18)23-16-19-6-4-5-7-22(19)27-23/h4-16,24H,1-3H3. The molecule has 1 aromatic heterocycles. The Morgan fingerprint density at radius 3 is 1.96 bits per heavy atom. The summed E-state index contributed by atoms with van der Waals surface area (Å²) in [7, 11) is 0. The highest BCUT2D eigenvalue weighted by molar-refractivity contribution is 5.78. The van der Waals surface area contributed by atoms with Crippen LogP contribution in [0, 0.1) is 5.82 Å². The van der Waals surface area contributed by atoms with Crippen molar-refractivity contribution < 1.29 is 8.81 Å². The Kier molecular flexibility index (Phi) is 4.35. The van der Waals surface area contributed by atoms with Gasteiger partial charge in [-0.05, 0) is 46.4 Å². The highest BCUT2D eigenvalue weighted by Gasteiger charge is 2.22. The maximum atomic E-state index is 13.5. The molecule has 0 fully saturated rings. The van der Waals surface area contributed by atoms with Gasteiger partial charge in [0.15, 0.2) is 0 Å². The van der Waals surface area contributed by atoms with Gasteiger partial charge in [-0.3, -0.25) is 0 Å². The molecule has 1 atom stereocenters. The average Bonchev–Trinajstić information content (AvgIpc) is 3.07. The van der Waals surface area contributed by atoms with E-state index in [1.165, 1.54) is 17.7 Å². The molecule has 1 unspecified atom stereocenters. The molecule has 0 saturated heterocycles. The van der Waals surface area contributed by atoms with Crippen LogP contribution in [-0.4, -0.2) is 0 Å². The Morgan fingerprint density at radius 1 is 0.778 bits per heavy atom. The van der Waals surface area contributed by atoms with Crippen LogP contribution in [0.4, 0.5) is 4.39 Å². The van der Waals surface area contributed by atoms with Crippen LogP contribution in [0.15, 0.2) is 83.3 Å². The molecular formula is C25H23FO. The van der Waals surface area contributed by atoms with Gasteiger partial charge in [-0.1, -0.05) is 75.4 Å². The van der Waals surface area contributed by atoms with E-state index in [0.717, 1.165) is 27.9 Å². The lowest BCUT2D eigenvalue weighted by Gasteiger charge is -2.21. The van der Waals surface area contributed by atoms with E-state index in [-0.39, 0.29) is 17.2 Å². The summed E-state index contributed by atoms with van der Waals surface area (Å²) in [5.41, 5.74) is 4.40. The minimum Gasteiger partial charge on any atom is -0.460 e. The number of hydrogen-bond donors (Lipinski definition) is 0. The van der Waals surface area contributed by atoms with Crippen molar-refractivity contribution >= 4 is 11.0 Å². The molecule has 1 heterocycles. The first-order chi connectivity index (χ1) is 12.9. The van der Waals surface area contributed by atoms with Gasteiger partial charge in [0.1, 0.15) is 17.2 Å². The van der Waals surface area contributed by atoms with E-state index in [9.17, 15) is 4.39 Å². The number of halogens is 1. The van der Waals surface area contributed by atoms with Gasteiger partial charge in [-0.2, -0.15) is 0 Å². The van der Waals surface area contributed by atoms with Gasteiger partial charge < -0.3 is 4.42 Å². The summed E-state index contributed by atoms with van der Waals surface area (Å²) in [6, 6.07) is 25.4. The van der Waals surface area contributed by atoms with Crippen molar-refractivity contribution in [3.05, 3.63) is 107 Å². The lowest BCUT2D eigenvalue weighted by atomic mass is 9.83. The van der Waals surface area contributed by atoms with Crippen molar-refractivity contribution in [1.29, 1.82) is 0 Å². The molecular weight excluding hydrogens is 335 g/mol. The van der Waals surface area contributed by atoms with Crippen LogP contribution in [0.5, 0.6) is 0 Å². The van der Waals surface area contributed by atoms with Crippen molar-refractivity contribution in [2.45, 2.75) is 32.1 Å². The molecule has 136 valence electrons. The summed E-state index contributed by atoms with van der Waals surface area (Å²) in [6.07, 6.45) is 0. The number of para-hydroxylation sites is 1. The molecule has 3 aromatic carbocycles. The van der Waals surface area contributed by atoms with E-state index in [1.807, 2.05) is 36.4 Å². The number of fused-ring (bicyclic) bond motifs is 1. The van der Waals surface area contributed by atoms with Gasteiger partial charge in [0.25, 0.3) is 0 Å². The lowest BCUT2D eigenvalue weighted by Crippen LogP contribution is -2.11. The SMILES string of the molecule is CC(C)(C)c1ccc(C(c2ccc(F)cc2)c2cc3ccccc3o2)cc1. The monoisotopic (exact) mass is 358 g/mol. The zero-order valence-corrected chi connectivity index (χ0v) is 15.9. The zero-order valence-electron chi connectivity index (χ0n) is 15.9. The van der Waals surface area contributed by atoms with E-state index in [0.29, 0.717) is 0 Å². The first kappa shape index (κ1) is 17.5. The topological polar surface area (TPSA) is 13.1 Å². The highest BCUT2D eigenvalue weighted by Crippen LogP contribution is 2.36. The van der Waals surface area contributed by atoms with Crippen LogP contribution in [0.1, 0.15) is 49.1 Å². The second-order valence-corrected chi connectivity index (χ2v) is 8.04. The number of rotatable bonds is 3. The first-order valence-corrected chi connectivity index (χ1v) is 9.26. The van der Waals surface area contributed by atoms with Crippen molar-refractivity contribution in [3.63, 3.8) is 0 Å². The quantitative estimate of drug-likeness (QED) is 0.382. The summed E-state index contributed by atoms with van der Waals surface area (Å²) in [4.78, 5) is 0. The second kappa shape index (κ2) is 6.70. The molecule has 0 saturated carbocycles. The summed E-state index contributed by atoms with van der Waals surface area (Å²) < 4.78 is 19.7. The molecule has 1 nitrogen and oxygen atoms in total. The molecule has 0 N–H and O–H groups in total. The third-order valence-corrected chi connectivity index (χ3v) is 5.04. The van der Waals surface area contributed by atoms with Crippen molar-refractivity contribution in [2.24, 2.45) is 0 Å². The lowest BCUT2D eigenvalue weighted by molar-refractivity contribution is 0.540. The summed E-state index contributed by atoms with van der Waals surface area (Å²) in [5.74, 6) is 0.559. The van der Waals surface area contributed by atoms with Crippen LogP contribution in [0.3, 0.4) is 0 Å². The molecule has 4 aromatic rings. The van der Waals surface area contributed by atoms with Crippen LogP contribution < -0.4 is 0 Å². The van der Waals surface area contributed by atoms with E-state index < -0.39 is 0 Å². The fourth-order valence-electron chi connectivity index (χ4n) is 3.50. The molecule has 0 aliphatic heterocycles. The molecule has 0 bridgehead atoms. The third kappa shape index (κ3) is 3.52. The molecule has 0 aliphatic carbocycles. The van der Waals surface area contributed by atoms with Crippen molar-refractivity contribution in [2.75, 3.05) is 0 Å². The van der Waals surface area contributed by atoms with Gasteiger partial charge in [0.2, 0.25) is 0 Å². The fourth-order valence-corrected chi connectivity index (χ4v) is 3.50. The molecule has 2 heteroatoms. The molecule has 27 heavy (non-hydrogen) atoms. The summed E-state index contributed by atoms with van der Waals surface area (Å²) in [5, 5.41) is 1.07. The second-order valence-electron chi connectivity index (χ2n) is 8.04. The summed E-state index contributed by atoms with van der Waals surface area (Å²) >= 11 is 0. The molecule has 0 aliphatic rings. The Bertz CT molecular complexity index is 1020. The van der Waals surface area contributed by atoms with E-state index in [1.54, 1.807) is 0 Å². The number of furan rings is 1. The van der Waals surface area contributed by atoms with Gasteiger partial charge in [-0.25, -0.2) is 4.39 Å². The maximum absolute atomic E-state index is 13.5. The van der Waals surface area contributed by atoms with E-state index >= 15 is 0 Å². The average molecular weight is 358 g/mol.